The summed E-state index contributed by atoms with van der Waals surface area (Å²) in [5.41, 5.74) is 19.6. The van der Waals surface area contributed by atoms with Gasteiger partial charge in [-0.15, -0.1) is 0 Å². The second-order valence-electron chi connectivity index (χ2n) is 17.0. The van der Waals surface area contributed by atoms with Gasteiger partial charge in [0.05, 0.1) is 46.8 Å². The summed E-state index contributed by atoms with van der Waals surface area (Å²) < 4.78 is 172. The van der Waals surface area contributed by atoms with Crippen molar-refractivity contribution in [3.8, 4) is 23.0 Å². The predicted molar refractivity (Wildman–Crippen MR) is 320 cm³/mol. The van der Waals surface area contributed by atoms with E-state index in [0.29, 0.717) is 0 Å². The number of nitrogens with zero attached hydrogens (tertiary/aromatic N) is 1. The van der Waals surface area contributed by atoms with Gasteiger partial charge < -0.3 is 55.6 Å². The lowest BCUT2D eigenvalue weighted by Crippen LogP contribution is -2.24. The van der Waals surface area contributed by atoms with E-state index in [1.165, 1.54) is 117 Å². The summed E-state index contributed by atoms with van der Waals surface area (Å²) in [6.45, 7) is 10.0. The van der Waals surface area contributed by atoms with E-state index in [0.717, 1.165) is 30.3 Å². The molecule has 0 aliphatic rings. The van der Waals surface area contributed by atoms with Gasteiger partial charge in [0.1, 0.15) is 11.5 Å². The summed E-state index contributed by atoms with van der Waals surface area (Å²) in [6, 6.07) is 24.8. The molecule has 1 amide bonds. The van der Waals surface area contributed by atoms with Crippen molar-refractivity contribution in [2.24, 2.45) is 27.9 Å². The van der Waals surface area contributed by atoms with Gasteiger partial charge >= 0.3 is 21.2 Å². The summed E-state index contributed by atoms with van der Waals surface area (Å²) in [4.78, 5) is 25.8. The SMILES string of the molecule is C.CCOP(=O)(OCC)c1ccc(NS(=O)(=O)c2ccc(Oc3c(F)cc(/C=C(\C)C(=O)N=C(N)N)cc3F)cc2)cc1.CCOP(=O)(OCC)c1ccc(NS(=O)(=O)c2ccc(Oc3c(F)cc(/C=C(\C)C(=O)O)cc3F)cc2)cc1.N=C(N)N. The first-order valence-electron chi connectivity index (χ1n) is 24.8. The van der Waals surface area contributed by atoms with Gasteiger partial charge in [-0.2, -0.15) is 4.99 Å². The molecule has 0 radical (unpaired) electrons. The van der Waals surface area contributed by atoms with E-state index in [1.54, 1.807) is 27.7 Å². The average Bonchev–Trinajstić information content (AvgIpc) is 1.59. The maximum absolute atomic E-state index is 14.7. The summed E-state index contributed by atoms with van der Waals surface area (Å²) >= 11 is 0. The summed E-state index contributed by atoms with van der Waals surface area (Å²) in [7, 11) is -15.2. The smallest absolute Gasteiger partial charge is 0.361 e. The first-order valence-corrected chi connectivity index (χ1v) is 30.9. The number of carbonyl (C=O) groups is 2. The Labute approximate surface area is 494 Å². The summed E-state index contributed by atoms with van der Waals surface area (Å²) in [5, 5.41) is 15.5. The quantitative estimate of drug-likeness (QED) is 0.00918. The zero-order valence-corrected chi connectivity index (χ0v) is 49.6. The number of benzene rings is 6. The number of aliphatic imine (C=N–C) groups is 1. The molecule has 23 nitrogen and oxygen atoms in total. The molecule has 0 saturated carbocycles. The number of aliphatic carboxylic acids is 1. The van der Waals surface area contributed by atoms with E-state index in [4.69, 9.17) is 49.6 Å². The fourth-order valence-electron chi connectivity index (χ4n) is 6.86. The number of nitrogens with one attached hydrogen (secondary N) is 3. The van der Waals surface area contributed by atoms with Gasteiger partial charge in [-0.05, 0) is 186 Å². The Hall–Kier alpha value is -8.40. The number of carboxylic acid groups (broad SMARTS) is 1. The molecule has 0 aliphatic heterocycles. The van der Waals surface area contributed by atoms with Crippen LogP contribution in [-0.4, -0.2) is 72.2 Å². The van der Waals surface area contributed by atoms with Crippen molar-refractivity contribution in [2.45, 2.75) is 58.8 Å². The molecule has 6 aromatic rings. The Morgan fingerprint density at radius 3 is 1.12 bits per heavy atom. The van der Waals surface area contributed by atoms with Crippen LogP contribution >= 0.6 is 15.2 Å². The Morgan fingerprint density at radius 1 is 0.558 bits per heavy atom. The van der Waals surface area contributed by atoms with Crippen molar-refractivity contribution < 1.29 is 85.8 Å². The van der Waals surface area contributed by atoms with Crippen LogP contribution in [0.5, 0.6) is 23.0 Å². The van der Waals surface area contributed by atoms with Crippen LogP contribution in [0.1, 0.15) is 60.1 Å². The first-order chi connectivity index (χ1) is 39.9. The topological polar surface area (TPSA) is 377 Å². The zero-order valence-electron chi connectivity index (χ0n) is 46.2. The lowest BCUT2D eigenvalue weighted by molar-refractivity contribution is -0.132. The van der Waals surface area contributed by atoms with Crippen LogP contribution < -0.4 is 52.5 Å². The third kappa shape index (κ3) is 21.0. The number of amides is 1. The molecule has 12 N–H and O–H groups in total. The Bertz CT molecular complexity index is 3720. The van der Waals surface area contributed by atoms with Crippen LogP contribution in [0.4, 0.5) is 28.9 Å². The van der Waals surface area contributed by atoms with Crippen molar-refractivity contribution in [2.75, 3.05) is 35.9 Å². The van der Waals surface area contributed by atoms with Crippen molar-refractivity contribution in [1.82, 2.24) is 0 Å². The van der Waals surface area contributed by atoms with E-state index in [9.17, 15) is 53.1 Å². The average molecular weight is 1280 g/mol. The Balaban J connectivity index is 0.000000420. The number of carbonyl (C=O) groups excluding carboxylic acids is 1. The Kier molecular flexibility index (Phi) is 26.9. The Morgan fingerprint density at radius 2 is 0.849 bits per heavy atom. The highest BCUT2D eigenvalue weighted by Gasteiger charge is 2.28. The molecule has 0 spiro atoms. The lowest BCUT2D eigenvalue weighted by atomic mass is 10.1. The molecule has 6 rings (SSSR count). The van der Waals surface area contributed by atoms with Gasteiger partial charge in [0.2, 0.25) is 0 Å². The van der Waals surface area contributed by atoms with Crippen LogP contribution in [0, 0.1) is 28.7 Å². The molecule has 0 aromatic heterocycles. The second-order valence-corrected chi connectivity index (χ2v) is 24.4. The van der Waals surface area contributed by atoms with Crippen molar-refractivity contribution in [3.05, 3.63) is 167 Å². The van der Waals surface area contributed by atoms with Crippen LogP contribution in [0.2, 0.25) is 0 Å². The maximum atomic E-state index is 14.7. The third-order valence-electron chi connectivity index (χ3n) is 10.5. The maximum Gasteiger partial charge on any atom is 0.361 e. The molecule has 31 heteroatoms. The highest BCUT2D eigenvalue weighted by atomic mass is 32.2. The van der Waals surface area contributed by atoms with E-state index in [-0.39, 0.29) is 105 Å². The third-order valence-corrected chi connectivity index (χ3v) is 17.5. The standard InChI is InChI=1S/C27H29F2N4O7PS.C26H26F2NO8PS.CH5N3.CH4/c1-4-38-41(35,39-5-2)21-10-6-19(7-11-21)33-42(36,37)22-12-8-20(9-13-22)40-25-23(28)15-18(16-24(25)29)14-17(3)26(34)32-27(30)31;1-4-35-38(32,36-5-2)21-10-6-19(7-11-21)29-39(33,34)22-12-8-20(9-13-22)37-25-23(27)15-18(16-24(25)28)14-17(3)26(30)31;2-1(3)4;/h6-16,33H,4-5H2,1-3H3,(H4,30,31,32,34);6-16,29H,4-5H2,1-3H3,(H,30,31);(H5,2,3,4);1H4/b2*17-14+;;. The molecular formula is C55H64F4N8O15P2S2. The van der Waals surface area contributed by atoms with Crippen molar-refractivity contribution in [1.29, 1.82) is 5.41 Å². The number of hydrogen-bond donors (Lipinski definition) is 8. The molecule has 0 heterocycles. The summed E-state index contributed by atoms with van der Waals surface area (Å²) in [5.74, 6) is -8.60. The van der Waals surface area contributed by atoms with Gasteiger partial charge in [-0.1, -0.05) is 7.43 Å². The number of nitrogens with two attached hydrogens (primary N) is 4. The van der Waals surface area contributed by atoms with Crippen LogP contribution in [0.15, 0.2) is 147 Å². The fourth-order valence-corrected chi connectivity index (χ4v) is 12.1. The van der Waals surface area contributed by atoms with Crippen LogP contribution in [0.25, 0.3) is 12.2 Å². The highest BCUT2D eigenvalue weighted by molar-refractivity contribution is 7.93. The molecule has 0 bridgehead atoms. The van der Waals surface area contributed by atoms with E-state index in [1.807, 2.05) is 0 Å². The van der Waals surface area contributed by atoms with E-state index < -0.39 is 87.8 Å². The van der Waals surface area contributed by atoms with Crippen LogP contribution in [0.3, 0.4) is 0 Å². The molecule has 0 saturated heterocycles. The molecule has 0 aliphatic carbocycles. The van der Waals surface area contributed by atoms with Gasteiger partial charge in [0.15, 0.2) is 46.7 Å². The number of halogens is 4. The number of sulfonamides is 2. The fraction of sp³-hybridized carbons (Fsp3) is 0.200. The number of guanidine groups is 2. The number of ether oxygens (including phenoxy) is 2. The van der Waals surface area contributed by atoms with Gasteiger partial charge in [-0.3, -0.25) is 28.8 Å². The number of carboxylic acids is 1. The normalized spacial score (nSPS) is 11.7. The minimum absolute atomic E-state index is 0. The molecule has 0 unspecified atom stereocenters. The van der Waals surface area contributed by atoms with Gasteiger partial charge in [0.25, 0.3) is 26.0 Å². The zero-order chi connectivity index (χ0) is 63.5. The summed E-state index contributed by atoms with van der Waals surface area (Å²) in [6.07, 6.45) is 2.30. The van der Waals surface area contributed by atoms with Gasteiger partial charge in [0, 0.05) is 22.5 Å². The van der Waals surface area contributed by atoms with Crippen LogP contribution in [-0.2, 0) is 56.9 Å². The van der Waals surface area contributed by atoms with E-state index in [2.05, 4.69) is 25.9 Å². The monoisotopic (exact) mass is 1280 g/mol. The minimum atomic E-state index is -4.06. The molecule has 0 atom stereocenters. The largest absolute Gasteiger partial charge is 0.478 e. The minimum Gasteiger partial charge on any atom is -0.478 e. The second kappa shape index (κ2) is 32.2. The molecular weight excluding hydrogens is 1210 g/mol. The number of rotatable bonds is 24. The highest BCUT2D eigenvalue weighted by Crippen LogP contribution is 2.48. The predicted octanol–water partition coefficient (Wildman–Crippen LogP) is 10.1. The first kappa shape index (κ1) is 71.9. The van der Waals surface area contributed by atoms with Gasteiger partial charge in [-0.25, -0.2) is 39.2 Å². The molecule has 6 aromatic carbocycles. The molecule has 464 valence electrons. The lowest BCUT2D eigenvalue weighted by Gasteiger charge is -2.17. The van der Waals surface area contributed by atoms with Crippen molar-refractivity contribution >= 4 is 93.2 Å². The number of hydrogen-bond acceptors (Lipinski definition) is 15. The van der Waals surface area contributed by atoms with Crippen molar-refractivity contribution in [3.63, 3.8) is 0 Å². The molecule has 0 fully saturated rings. The molecule has 86 heavy (non-hydrogen) atoms. The van der Waals surface area contributed by atoms with E-state index >= 15 is 0 Å². The number of anilines is 2.